The van der Waals surface area contributed by atoms with E-state index in [2.05, 4.69) is 4.98 Å². The van der Waals surface area contributed by atoms with Gasteiger partial charge in [-0.05, 0) is 18.9 Å². The number of aromatic nitrogens is 1. The molecule has 1 saturated carbocycles. The van der Waals surface area contributed by atoms with Crippen molar-refractivity contribution in [2.75, 3.05) is 7.11 Å². The molecule has 4 nitrogen and oxygen atoms in total. The maximum atomic E-state index is 11.1. The first-order chi connectivity index (χ1) is 7.10. The third-order valence-electron chi connectivity index (χ3n) is 2.64. The first kappa shape index (κ1) is 10.2. The summed E-state index contributed by atoms with van der Waals surface area (Å²) >= 11 is 5.94. The Kier molecular flexibility index (Phi) is 2.31. The molecule has 0 spiro atoms. The Hall–Kier alpha value is -1.29. The molecule has 0 radical (unpaired) electrons. The van der Waals surface area contributed by atoms with Crippen LogP contribution in [0.15, 0.2) is 12.1 Å². The maximum Gasteiger partial charge on any atom is 0.315 e. The van der Waals surface area contributed by atoms with Crippen molar-refractivity contribution in [3.63, 3.8) is 0 Å². The predicted molar refractivity (Wildman–Crippen MR) is 54.3 cm³/mol. The van der Waals surface area contributed by atoms with Crippen molar-refractivity contribution < 1.29 is 14.6 Å². The molecule has 1 N–H and O–H groups in total. The highest BCUT2D eigenvalue weighted by Gasteiger charge is 2.54. The largest absolute Gasteiger partial charge is 0.481 e. The Balaban J connectivity index is 2.47. The minimum absolute atomic E-state index is 0.385. The number of ether oxygens (including phenoxy) is 1. The van der Waals surface area contributed by atoms with Crippen LogP contribution in [0.3, 0.4) is 0 Å². The molecule has 0 bridgehead atoms. The van der Waals surface area contributed by atoms with Crippen LogP contribution in [0.2, 0.25) is 5.02 Å². The lowest BCUT2D eigenvalue weighted by atomic mass is 10.0. The van der Waals surface area contributed by atoms with Gasteiger partial charge in [0.05, 0.1) is 17.8 Å². The smallest absolute Gasteiger partial charge is 0.315 e. The van der Waals surface area contributed by atoms with Crippen LogP contribution in [0.25, 0.3) is 0 Å². The number of carbonyl (C=O) groups is 1. The SMILES string of the molecule is COc1ccc(Cl)c(C2(C(=O)O)CC2)n1. The monoisotopic (exact) mass is 227 g/mol. The number of methoxy groups -OCH3 is 1. The Labute approximate surface area is 91.8 Å². The number of carboxylic acids is 1. The maximum absolute atomic E-state index is 11.1. The molecular weight excluding hydrogens is 218 g/mol. The number of hydrogen-bond donors (Lipinski definition) is 1. The number of hydrogen-bond acceptors (Lipinski definition) is 3. The minimum Gasteiger partial charge on any atom is -0.481 e. The molecule has 0 atom stereocenters. The molecule has 0 aromatic carbocycles. The zero-order valence-electron chi connectivity index (χ0n) is 8.16. The Morgan fingerprint density at radius 2 is 2.27 bits per heavy atom. The van der Waals surface area contributed by atoms with E-state index in [0.717, 1.165) is 0 Å². The lowest BCUT2D eigenvalue weighted by molar-refractivity contribution is -0.140. The summed E-state index contributed by atoms with van der Waals surface area (Å²) in [6, 6.07) is 3.23. The van der Waals surface area contributed by atoms with E-state index in [1.54, 1.807) is 12.1 Å². The first-order valence-electron chi connectivity index (χ1n) is 4.54. The number of halogens is 1. The fourth-order valence-corrected chi connectivity index (χ4v) is 1.84. The summed E-state index contributed by atoms with van der Waals surface area (Å²) in [6.07, 6.45) is 1.17. The molecule has 1 fully saturated rings. The van der Waals surface area contributed by atoms with E-state index in [0.29, 0.717) is 29.4 Å². The van der Waals surface area contributed by atoms with Crippen LogP contribution >= 0.6 is 11.6 Å². The lowest BCUT2D eigenvalue weighted by Crippen LogP contribution is -2.21. The third kappa shape index (κ3) is 1.55. The van der Waals surface area contributed by atoms with Crippen LogP contribution in [0, 0.1) is 0 Å². The predicted octanol–water partition coefficient (Wildman–Crippen LogP) is 1.86. The van der Waals surface area contributed by atoms with E-state index in [-0.39, 0.29) is 0 Å². The second-order valence-electron chi connectivity index (χ2n) is 3.57. The summed E-state index contributed by atoms with van der Waals surface area (Å²) in [4.78, 5) is 15.2. The standard InChI is InChI=1S/C10H10ClNO3/c1-15-7-3-2-6(11)8(12-7)10(4-5-10)9(13)14/h2-3H,4-5H2,1H3,(H,13,14). The molecule has 5 heteroatoms. The minimum atomic E-state index is -0.883. The van der Waals surface area contributed by atoms with Gasteiger partial charge in [-0.2, -0.15) is 0 Å². The fraction of sp³-hybridized carbons (Fsp3) is 0.400. The lowest BCUT2D eigenvalue weighted by Gasteiger charge is -2.11. The van der Waals surface area contributed by atoms with Crippen LogP contribution in [0.1, 0.15) is 18.5 Å². The molecule has 1 aromatic rings. The topological polar surface area (TPSA) is 59.4 Å². The number of carboxylic acid groups (broad SMARTS) is 1. The Bertz CT molecular complexity index is 415. The van der Waals surface area contributed by atoms with Crippen molar-refractivity contribution in [1.82, 2.24) is 4.98 Å². The van der Waals surface area contributed by atoms with E-state index in [1.807, 2.05) is 0 Å². The van der Waals surface area contributed by atoms with Gasteiger partial charge in [-0.15, -0.1) is 0 Å². The van der Waals surface area contributed by atoms with Crippen LogP contribution in [0.5, 0.6) is 5.88 Å². The Morgan fingerprint density at radius 1 is 1.60 bits per heavy atom. The van der Waals surface area contributed by atoms with E-state index in [4.69, 9.17) is 21.4 Å². The second kappa shape index (κ2) is 3.38. The molecule has 15 heavy (non-hydrogen) atoms. The summed E-state index contributed by atoms with van der Waals surface area (Å²) in [5.74, 6) is -0.480. The number of nitrogens with zero attached hydrogens (tertiary/aromatic N) is 1. The molecule has 80 valence electrons. The van der Waals surface area contributed by atoms with Crippen LogP contribution in [0.4, 0.5) is 0 Å². The van der Waals surface area contributed by atoms with Crippen molar-refractivity contribution in [3.05, 3.63) is 22.8 Å². The van der Waals surface area contributed by atoms with Gasteiger partial charge in [0.15, 0.2) is 0 Å². The van der Waals surface area contributed by atoms with Gasteiger partial charge in [-0.25, -0.2) is 4.98 Å². The highest BCUT2D eigenvalue weighted by atomic mass is 35.5. The number of aliphatic carboxylic acids is 1. The molecular formula is C10H10ClNO3. The summed E-state index contributed by atoms with van der Waals surface area (Å²) < 4.78 is 4.95. The van der Waals surface area contributed by atoms with Crippen molar-refractivity contribution in [3.8, 4) is 5.88 Å². The van der Waals surface area contributed by atoms with Crippen molar-refractivity contribution in [2.45, 2.75) is 18.3 Å². The van der Waals surface area contributed by atoms with E-state index >= 15 is 0 Å². The summed E-state index contributed by atoms with van der Waals surface area (Å²) in [5, 5.41) is 9.49. The summed E-state index contributed by atoms with van der Waals surface area (Å²) in [7, 11) is 1.49. The van der Waals surface area contributed by atoms with Gasteiger partial charge in [0.1, 0.15) is 5.41 Å². The highest BCUT2D eigenvalue weighted by Crippen LogP contribution is 2.50. The van der Waals surface area contributed by atoms with Gasteiger partial charge in [-0.1, -0.05) is 11.6 Å². The average Bonchev–Trinajstić information content (AvgIpc) is 2.99. The van der Waals surface area contributed by atoms with Gasteiger partial charge < -0.3 is 9.84 Å². The summed E-state index contributed by atoms with van der Waals surface area (Å²) in [6.45, 7) is 0. The molecule has 0 aliphatic heterocycles. The second-order valence-corrected chi connectivity index (χ2v) is 3.98. The van der Waals surface area contributed by atoms with Gasteiger partial charge >= 0.3 is 5.97 Å². The van der Waals surface area contributed by atoms with Gasteiger partial charge in [-0.3, -0.25) is 4.79 Å². The van der Waals surface area contributed by atoms with Crippen molar-refractivity contribution >= 4 is 17.6 Å². The van der Waals surface area contributed by atoms with E-state index in [9.17, 15) is 4.79 Å². The van der Waals surface area contributed by atoms with E-state index in [1.165, 1.54) is 7.11 Å². The molecule has 1 aromatic heterocycles. The average molecular weight is 228 g/mol. The Morgan fingerprint density at radius 3 is 2.73 bits per heavy atom. The zero-order chi connectivity index (χ0) is 11.1. The molecule has 0 saturated heterocycles. The van der Waals surface area contributed by atoms with Crippen molar-refractivity contribution in [2.24, 2.45) is 0 Å². The number of rotatable bonds is 3. The van der Waals surface area contributed by atoms with Crippen LogP contribution < -0.4 is 4.74 Å². The molecule has 0 amide bonds. The molecule has 0 unspecified atom stereocenters. The zero-order valence-corrected chi connectivity index (χ0v) is 8.91. The molecule has 2 rings (SSSR count). The van der Waals surface area contributed by atoms with Gasteiger partial charge in [0, 0.05) is 6.07 Å². The summed E-state index contributed by atoms with van der Waals surface area (Å²) in [5.41, 5.74) is -0.470. The normalized spacial score (nSPS) is 17.2. The van der Waals surface area contributed by atoms with Crippen molar-refractivity contribution in [1.29, 1.82) is 0 Å². The highest BCUT2D eigenvalue weighted by molar-refractivity contribution is 6.31. The van der Waals surface area contributed by atoms with Crippen LogP contribution in [-0.4, -0.2) is 23.2 Å². The van der Waals surface area contributed by atoms with Gasteiger partial charge in [0.25, 0.3) is 0 Å². The van der Waals surface area contributed by atoms with Gasteiger partial charge in [0.2, 0.25) is 5.88 Å². The third-order valence-corrected chi connectivity index (χ3v) is 2.95. The molecule has 1 heterocycles. The van der Waals surface area contributed by atoms with Crippen LogP contribution in [-0.2, 0) is 10.2 Å². The quantitative estimate of drug-likeness (QED) is 0.856. The number of pyridine rings is 1. The fourth-order valence-electron chi connectivity index (χ4n) is 1.55. The molecule has 1 aliphatic rings. The first-order valence-corrected chi connectivity index (χ1v) is 4.92. The molecule has 1 aliphatic carbocycles. The van der Waals surface area contributed by atoms with E-state index < -0.39 is 11.4 Å².